The number of hydrogen-bond donors (Lipinski definition) is 2. The highest BCUT2D eigenvalue weighted by Gasteiger charge is 2.13. The van der Waals surface area contributed by atoms with Crippen molar-refractivity contribution in [2.45, 2.75) is 13.0 Å². The van der Waals surface area contributed by atoms with Crippen LogP contribution in [0.3, 0.4) is 0 Å². The molecule has 0 saturated carbocycles. The van der Waals surface area contributed by atoms with Crippen molar-refractivity contribution in [3.8, 4) is 22.9 Å². The number of benzene rings is 2. The lowest BCUT2D eigenvalue weighted by Crippen LogP contribution is -2.37. The molecule has 0 bridgehead atoms. The summed E-state index contributed by atoms with van der Waals surface area (Å²) in [6.45, 7) is 1.47. The molecule has 0 aliphatic carbocycles. The van der Waals surface area contributed by atoms with E-state index in [2.05, 4.69) is 25.8 Å². The molecule has 1 aromatic heterocycles. The van der Waals surface area contributed by atoms with Gasteiger partial charge >= 0.3 is 0 Å². The lowest BCUT2D eigenvalue weighted by molar-refractivity contribution is 0.174. The van der Waals surface area contributed by atoms with Crippen LogP contribution in [-0.2, 0) is 13.0 Å². The normalized spacial score (nSPS) is 12.8. The Morgan fingerprint density at radius 3 is 2.90 bits per heavy atom. The van der Waals surface area contributed by atoms with Crippen LogP contribution >= 0.6 is 11.6 Å². The largest absolute Gasteiger partial charge is 0.454 e. The molecule has 0 radical (unpaired) electrons. The minimum atomic E-state index is 0.268. The molecule has 0 unspecified atom stereocenters. The molecule has 0 amide bonds. The van der Waals surface area contributed by atoms with Crippen molar-refractivity contribution in [2.75, 3.05) is 20.4 Å². The standard InChI is InChI=1S/C20H20ClN5O3/c1-22-20(24-11-13-5-6-16-17(9-13)28-12-27-16)23-8-7-18-25-19(26-29-18)14-3-2-4-15(21)10-14/h2-6,9-10H,7-8,11-12H2,1H3,(H2,22,23,24). The van der Waals surface area contributed by atoms with E-state index in [1.165, 1.54) is 0 Å². The van der Waals surface area contributed by atoms with E-state index >= 15 is 0 Å². The van der Waals surface area contributed by atoms with Gasteiger partial charge in [0.1, 0.15) is 0 Å². The molecule has 29 heavy (non-hydrogen) atoms. The molecule has 0 atom stereocenters. The van der Waals surface area contributed by atoms with Gasteiger partial charge in [-0.1, -0.05) is 35.0 Å². The van der Waals surface area contributed by atoms with Crippen molar-refractivity contribution in [3.05, 3.63) is 58.9 Å². The van der Waals surface area contributed by atoms with Gasteiger partial charge in [-0.05, 0) is 29.8 Å². The van der Waals surface area contributed by atoms with Gasteiger partial charge in [0.05, 0.1) is 0 Å². The summed E-state index contributed by atoms with van der Waals surface area (Å²) in [7, 11) is 1.72. The minimum absolute atomic E-state index is 0.268. The SMILES string of the molecule is CN=C(NCCc1nc(-c2cccc(Cl)c2)no1)NCc1ccc2c(c1)OCO2. The summed E-state index contributed by atoms with van der Waals surface area (Å²) in [5, 5.41) is 11.1. The molecule has 0 saturated heterocycles. The van der Waals surface area contributed by atoms with Gasteiger partial charge in [-0.2, -0.15) is 4.98 Å². The fourth-order valence-electron chi connectivity index (χ4n) is 2.85. The van der Waals surface area contributed by atoms with Gasteiger partial charge in [0.2, 0.25) is 18.5 Å². The zero-order valence-corrected chi connectivity index (χ0v) is 16.6. The second kappa shape index (κ2) is 8.83. The Kier molecular flexibility index (Phi) is 5.81. The highest BCUT2D eigenvalue weighted by atomic mass is 35.5. The van der Waals surface area contributed by atoms with E-state index in [4.69, 9.17) is 25.6 Å². The van der Waals surface area contributed by atoms with Crippen molar-refractivity contribution in [1.29, 1.82) is 0 Å². The molecule has 3 aromatic rings. The average Bonchev–Trinajstić information content (AvgIpc) is 3.39. The number of guanidine groups is 1. The van der Waals surface area contributed by atoms with Crippen LogP contribution in [0.5, 0.6) is 11.5 Å². The molecule has 2 aromatic carbocycles. The quantitative estimate of drug-likeness (QED) is 0.473. The molecule has 1 aliphatic rings. The molecule has 150 valence electrons. The van der Waals surface area contributed by atoms with E-state index in [-0.39, 0.29) is 6.79 Å². The molecule has 4 rings (SSSR count). The first-order valence-corrected chi connectivity index (χ1v) is 9.50. The molecule has 9 heteroatoms. The van der Waals surface area contributed by atoms with Crippen molar-refractivity contribution in [1.82, 2.24) is 20.8 Å². The van der Waals surface area contributed by atoms with Crippen LogP contribution in [0.2, 0.25) is 5.02 Å². The van der Waals surface area contributed by atoms with Crippen LogP contribution in [0.1, 0.15) is 11.5 Å². The van der Waals surface area contributed by atoms with Crippen molar-refractivity contribution >= 4 is 17.6 Å². The summed E-state index contributed by atoms with van der Waals surface area (Å²) in [4.78, 5) is 8.64. The van der Waals surface area contributed by atoms with Crippen LogP contribution in [0.15, 0.2) is 52.0 Å². The number of hydrogen-bond acceptors (Lipinski definition) is 6. The number of aromatic nitrogens is 2. The van der Waals surface area contributed by atoms with E-state index in [1.807, 2.05) is 30.3 Å². The van der Waals surface area contributed by atoms with Gasteiger partial charge in [0.25, 0.3) is 0 Å². The Hall–Kier alpha value is -3.26. The second-order valence-corrected chi connectivity index (χ2v) is 6.75. The third-order valence-electron chi connectivity index (χ3n) is 4.30. The van der Waals surface area contributed by atoms with Crippen molar-refractivity contribution in [2.24, 2.45) is 4.99 Å². The first kappa shape index (κ1) is 19.1. The van der Waals surface area contributed by atoms with E-state index in [0.717, 1.165) is 22.6 Å². The molecule has 0 fully saturated rings. The lowest BCUT2D eigenvalue weighted by Gasteiger charge is -2.11. The second-order valence-electron chi connectivity index (χ2n) is 6.31. The Morgan fingerprint density at radius 1 is 1.14 bits per heavy atom. The smallest absolute Gasteiger partial charge is 0.231 e. The van der Waals surface area contributed by atoms with Crippen LogP contribution in [-0.4, -0.2) is 36.5 Å². The fourth-order valence-corrected chi connectivity index (χ4v) is 3.04. The summed E-state index contributed by atoms with van der Waals surface area (Å²) >= 11 is 6.01. The predicted octanol–water partition coefficient (Wildman–Crippen LogP) is 3.03. The van der Waals surface area contributed by atoms with Gasteiger partial charge in [0.15, 0.2) is 17.5 Å². The lowest BCUT2D eigenvalue weighted by atomic mass is 10.2. The van der Waals surface area contributed by atoms with Crippen molar-refractivity contribution < 1.29 is 14.0 Å². The third-order valence-corrected chi connectivity index (χ3v) is 4.54. The van der Waals surface area contributed by atoms with Gasteiger partial charge < -0.3 is 24.6 Å². The monoisotopic (exact) mass is 413 g/mol. The zero-order valence-electron chi connectivity index (χ0n) is 15.8. The highest BCUT2D eigenvalue weighted by molar-refractivity contribution is 6.30. The molecule has 0 spiro atoms. The molecule has 8 nitrogen and oxygen atoms in total. The van der Waals surface area contributed by atoms with Crippen molar-refractivity contribution in [3.63, 3.8) is 0 Å². The topological polar surface area (TPSA) is 93.8 Å². The zero-order chi connectivity index (χ0) is 20.1. The molecule has 2 N–H and O–H groups in total. The van der Waals surface area contributed by atoms with E-state index in [1.54, 1.807) is 19.2 Å². The maximum atomic E-state index is 6.01. The number of nitrogens with one attached hydrogen (secondary N) is 2. The Bertz CT molecular complexity index is 1020. The van der Waals surface area contributed by atoms with E-state index in [9.17, 15) is 0 Å². The van der Waals surface area contributed by atoms with Gasteiger partial charge in [-0.25, -0.2) is 0 Å². The first-order valence-electron chi connectivity index (χ1n) is 9.13. The number of fused-ring (bicyclic) bond motifs is 1. The number of nitrogens with zero attached hydrogens (tertiary/aromatic N) is 3. The maximum Gasteiger partial charge on any atom is 0.231 e. The number of halogens is 1. The third kappa shape index (κ3) is 4.78. The predicted molar refractivity (Wildman–Crippen MR) is 109 cm³/mol. The summed E-state index contributed by atoms with van der Waals surface area (Å²) in [5.74, 6) is 3.27. The Labute approximate surface area is 172 Å². The summed E-state index contributed by atoms with van der Waals surface area (Å²) < 4.78 is 16.0. The summed E-state index contributed by atoms with van der Waals surface area (Å²) in [5.41, 5.74) is 1.89. The number of ether oxygens (including phenoxy) is 2. The molecule has 2 heterocycles. The van der Waals surface area contributed by atoms with Gasteiger partial charge in [-0.15, -0.1) is 0 Å². The number of aliphatic imine (C=N–C) groups is 1. The van der Waals surface area contributed by atoms with Crippen LogP contribution < -0.4 is 20.1 Å². The Balaban J connectivity index is 1.26. The average molecular weight is 414 g/mol. The Morgan fingerprint density at radius 2 is 2.03 bits per heavy atom. The first-order chi connectivity index (χ1) is 14.2. The number of rotatable bonds is 6. The fraction of sp³-hybridized carbons (Fsp3) is 0.250. The molecule has 1 aliphatic heterocycles. The van der Waals surface area contributed by atoms with E-state index < -0.39 is 0 Å². The summed E-state index contributed by atoms with van der Waals surface area (Å²) in [6, 6.07) is 13.2. The van der Waals surface area contributed by atoms with Gasteiger partial charge in [-0.3, -0.25) is 4.99 Å². The van der Waals surface area contributed by atoms with Crippen LogP contribution in [0.25, 0.3) is 11.4 Å². The van der Waals surface area contributed by atoms with E-state index in [0.29, 0.717) is 42.2 Å². The van der Waals surface area contributed by atoms with Crippen LogP contribution in [0, 0.1) is 0 Å². The molecular formula is C20H20ClN5O3. The van der Waals surface area contributed by atoms with Gasteiger partial charge in [0, 0.05) is 37.1 Å². The minimum Gasteiger partial charge on any atom is -0.454 e. The highest BCUT2D eigenvalue weighted by Crippen LogP contribution is 2.32. The summed E-state index contributed by atoms with van der Waals surface area (Å²) in [6.07, 6.45) is 0.568. The van der Waals surface area contributed by atoms with Crippen LogP contribution in [0.4, 0.5) is 0 Å². The molecular weight excluding hydrogens is 394 g/mol. The maximum absolute atomic E-state index is 6.01.